The summed E-state index contributed by atoms with van der Waals surface area (Å²) < 4.78 is 0. The first-order chi connectivity index (χ1) is 9.70. The third-order valence-electron chi connectivity index (χ3n) is 3.32. The number of halogens is 1. The predicted molar refractivity (Wildman–Crippen MR) is 82.5 cm³/mol. The molecule has 1 N–H and O–H groups in total. The van der Waals surface area contributed by atoms with Gasteiger partial charge in [-0.3, -0.25) is 4.79 Å². The average Bonchev–Trinajstić information content (AvgIpc) is 3.19. The van der Waals surface area contributed by atoms with E-state index in [1.807, 2.05) is 29.6 Å². The minimum atomic E-state index is 0.0108. The second-order valence-electron chi connectivity index (χ2n) is 5.03. The highest BCUT2D eigenvalue weighted by molar-refractivity contribution is 7.13. The summed E-state index contributed by atoms with van der Waals surface area (Å²) in [5, 5.41) is 6.35. The normalized spacial score (nSPS) is 14.2. The zero-order valence-corrected chi connectivity index (χ0v) is 12.5. The van der Waals surface area contributed by atoms with Gasteiger partial charge in [-0.05, 0) is 37.0 Å². The van der Waals surface area contributed by atoms with Gasteiger partial charge in [-0.2, -0.15) is 0 Å². The first-order valence-corrected chi connectivity index (χ1v) is 7.96. The fourth-order valence-corrected chi connectivity index (χ4v) is 2.94. The van der Waals surface area contributed by atoms with E-state index in [1.54, 1.807) is 0 Å². The van der Waals surface area contributed by atoms with Crippen LogP contribution in [0.3, 0.4) is 0 Å². The van der Waals surface area contributed by atoms with Crippen molar-refractivity contribution in [2.24, 2.45) is 0 Å². The topological polar surface area (TPSA) is 42.0 Å². The Morgan fingerprint density at radius 2 is 2.10 bits per heavy atom. The van der Waals surface area contributed by atoms with Crippen LogP contribution in [0.15, 0.2) is 29.6 Å². The van der Waals surface area contributed by atoms with Gasteiger partial charge in [-0.25, -0.2) is 4.98 Å². The highest BCUT2D eigenvalue weighted by atomic mass is 35.5. The van der Waals surface area contributed by atoms with E-state index in [-0.39, 0.29) is 5.91 Å². The number of anilines is 1. The van der Waals surface area contributed by atoms with Crippen molar-refractivity contribution in [3.05, 3.63) is 45.9 Å². The van der Waals surface area contributed by atoms with Gasteiger partial charge in [0.25, 0.3) is 0 Å². The maximum absolute atomic E-state index is 11.9. The Kier molecular flexibility index (Phi) is 4.03. The molecule has 0 radical (unpaired) electrons. The molecule has 1 saturated carbocycles. The molecule has 104 valence electrons. The van der Waals surface area contributed by atoms with Gasteiger partial charge in [-0.15, -0.1) is 11.3 Å². The monoisotopic (exact) mass is 306 g/mol. The summed E-state index contributed by atoms with van der Waals surface area (Å²) in [6.45, 7) is 0. The largest absolute Gasteiger partial charge is 0.302 e. The lowest BCUT2D eigenvalue weighted by Gasteiger charge is -2.02. The molecule has 2 aromatic rings. The van der Waals surface area contributed by atoms with Gasteiger partial charge in [0, 0.05) is 22.7 Å². The van der Waals surface area contributed by atoms with Crippen LogP contribution < -0.4 is 5.32 Å². The zero-order valence-electron chi connectivity index (χ0n) is 10.9. The number of hydrogen-bond acceptors (Lipinski definition) is 3. The molecule has 1 heterocycles. The number of aromatic nitrogens is 1. The van der Waals surface area contributed by atoms with Crippen molar-refractivity contribution >= 4 is 34.0 Å². The summed E-state index contributed by atoms with van der Waals surface area (Å²) in [5.41, 5.74) is 2.24. The third-order valence-corrected chi connectivity index (χ3v) is 4.35. The summed E-state index contributed by atoms with van der Waals surface area (Å²) in [4.78, 5) is 16.3. The number of rotatable bonds is 5. The number of nitrogens with zero attached hydrogens (tertiary/aromatic N) is 1. The molecule has 0 spiro atoms. The molecule has 3 rings (SSSR count). The maximum Gasteiger partial charge on any atom is 0.226 e. The Bertz CT molecular complexity index is 605. The first-order valence-electron chi connectivity index (χ1n) is 6.70. The van der Waals surface area contributed by atoms with E-state index >= 15 is 0 Å². The average molecular weight is 307 g/mol. The van der Waals surface area contributed by atoms with Crippen LogP contribution >= 0.6 is 22.9 Å². The van der Waals surface area contributed by atoms with Crippen molar-refractivity contribution in [1.82, 2.24) is 4.98 Å². The van der Waals surface area contributed by atoms with Gasteiger partial charge >= 0.3 is 0 Å². The molecule has 0 atom stereocenters. The van der Waals surface area contributed by atoms with Crippen LogP contribution in [0.25, 0.3) is 0 Å². The number of amides is 1. The number of carbonyl (C=O) groups excluding carboxylic acids is 1. The summed E-state index contributed by atoms with van der Waals surface area (Å²) >= 11 is 7.34. The van der Waals surface area contributed by atoms with Crippen molar-refractivity contribution in [3.8, 4) is 0 Å². The van der Waals surface area contributed by atoms with Gasteiger partial charge in [0.15, 0.2) is 5.13 Å². The molecule has 1 aliphatic rings. The van der Waals surface area contributed by atoms with Crippen LogP contribution in [0.1, 0.15) is 36.4 Å². The highest BCUT2D eigenvalue weighted by Gasteiger charge is 2.26. The lowest BCUT2D eigenvalue weighted by atomic mass is 10.1. The van der Waals surface area contributed by atoms with Crippen LogP contribution in [0.2, 0.25) is 5.02 Å². The Balaban J connectivity index is 1.49. The summed E-state index contributed by atoms with van der Waals surface area (Å²) in [6.07, 6.45) is 3.63. The van der Waals surface area contributed by atoms with Crippen LogP contribution in [0.5, 0.6) is 0 Å². The second kappa shape index (κ2) is 5.94. The minimum Gasteiger partial charge on any atom is -0.302 e. The Morgan fingerprint density at radius 3 is 2.80 bits per heavy atom. The van der Waals surface area contributed by atoms with Gasteiger partial charge in [0.05, 0.1) is 5.69 Å². The molecule has 1 amide bonds. The van der Waals surface area contributed by atoms with E-state index in [4.69, 9.17) is 11.6 Å². The van der Waals surface area contributed by atoms with Gasteiger partial charge < -0.3 is 5.32 Å². The van der Waals surface area contributed by atoms with Crippen LogP contribution in [-0.2, 0) is 11.2 Å². The summed E-state index contributed by atoms with van der Waals surface area (Å²) in [7, 11) is 0. The molecule has 1 fully saturated rings. The van der Waals surface area contributed by atoms with Crippen LogP contribution in [0, 0.1) is 0 Å². The van der Waals surface area contributed by atoms with E-state index in [0.29, 0.717) is 28.9 Å². The van der Waals surface area contributed by atoms with Crippen molar-refractivity contribution in [2.75, 3.05) is 5.32 Å². The predicted octanol–water partition coefficient (Wildman–Crippen LogP) is 4.25. The van der Waals surface area contributed by atoms with Crippen LogP contribution in [-0.4, -0.2) is 10.9 Å². The number of carbonyl (C=O) groups is 1. The maximum atomic E-state index is 11.9. The molecule has 0 bridgehead atoms. The molecule has 0 saturated heterocycles. The number of aryl methyl sites for hydroxylation is 1. The summed E-state index contributed by atoms with van der Waals surface area (Å²) in [5.74, 6) is 0.641. The molecular weight excluding hydrogens is 292 g/mol. The summed E-state index contributed by atoms with van der Waals surface area (Å²) in [6, 6.07) is 7.59. The molecule has 5 heteroatoms. The van der Waals surface area contributed by atoms with Crippen molar-refractivity contribution in [3.63, 3.8) is 0 Å². The molecule has 3 nitrogen and oxygen atoms in total. The fourth-order valence-electron chi connectivity index (χ4n) is 2.00. The molecule has 0 aliphatic heterocycles. The zero-order chi connectivity index (χ0) is 13.9. The van der Waals surface area contributed by atoms with Gasteiger partial charge in [0.2, 0.25) is 5.91 Å². The number of nitrogens with one attached hydrogen (secondary N) is 1. The lowest BCUT2D eigenvalue weighted by molar-refractivity contribution is -0.116. The lowest BCUT2D eigenvalue weighted by Crippen LogP contribution is -2.12. The first kappa shape index (κ1) is 13.6. The molecule has 1 aromatic carbocycles. The quantitative estimate of drug-likeness (QED) is 0.897. The molecule has 1 aromatic heterocycles. The SMILES string of the molecule is O=C(CCc1ccc(Cl)cc1)Nc1nc(C2CC2)cs1. The van der Waals surface area contributed by atoms with Crippen molar-refractivity contribution < 1.29 is 4.79 Å². The smallest absolute Gasteiger partial charge is 0.226 e. The molecule has 1 aliphatic carbocycles. The van der Waals surface area contributed by atoms with Gasteiger partial charge in [-0.1, -0.05) is 23.7 Å². The Hall–Kier alpha value is -1.39. The van der Waals surface area contributed by atoms with Crippen LogP contribution in [0.4, 0.5) is 5.13 Å². The number of thiazole rings is 1. The van der Waals surface area contributed by atoms with E-state index in [2.05, 4.69) is 10.3 Å². The second-order valence-corrected chi connectivity index (χ2v) is 6.32. The van der Waals surface area contributed by atoms with E-state index < -0.39 is 0 Å². The Morgan fingerprint density at radius 1 is 1.35 bits per heavy atom. The molecule has 20 heavy (non-hydrogen) atoms. The van der Waals surface area contributed by atoms with Gasteiger partial charge in [0.1, 0.15) is 0 Å². The number of hydrogen-bond donors (Lipinski definition) is 1. The highest BCUT2D eigenvalue weighted by Crippen LogP contribution is 2.40. The third kappa shape index (κ3) is 3.58. The van der Waals surface area contributed by atoms with E-state index in [0.717, 1.165) is 11.3 Å². The minimum absolute atomic E-state index is 0.0108. The van der Waals surface area contributed by atoms with E-state index in [1.165, 1.54) is 24.2 Å². The van der Waals surface area contributed by atoms with E-state index in [9.17, 15) is 4.79 Å². The Labute approximate surface area is 127 Å². The molecule has 0 unspecified atom stereocenters. The molecular formula is C15H15ClN2OS. The fraction of sp³-hybridized carbons (Fsp3) is 0.333. The van der Waals surface area contributed by atoms with Crippen molar-refractivity contribution in [1.29, 1.82) is 0 Å². The van der Waals surface area contributed by atoms with Crippen molar-refractivity contribution in [2.45, 2.75) is 31.6 Å². The standard InChI is InChI=1S/C15H15ClN2OS/c16-12-6-1-10(2-7-12)3-8-14(19)18-15-17-13(9-20-15)11-4-5-11/h1-2,6-7,9,11H,3-5,8H2,(H,17,18,19). The number of benzene rings is 1.